The van der Waals surface area contributed by atoms with E-state index in [1.54, 1.807) is 4.90 Å². The van der Waals surface area contributed by atoms with Crippen LogP contribution in [0.15, 0.2) is 28.8 Å². The molecule has 4 rings (SSSR count). The second-order valence-corrected chi connectivity index (χ2v) is 8.98. The quantitative estimate of drug-likeness (QED) is 0.664. The number of hydrogen-bond acceptors (Lipinski definition) is 6. The number of aryl methyl sites for hydroxylation is 1. The number of para-hydroxylation sites is 1. The number of ether oxygens (including phenoxy) is 1. The first-order chi connectivity index (χ1) is 16.1. The number of carbonyl (C=O) groups is 2. The molecule has 0 bridgehead atoms. The maximum Gasteiger partial charge on any atom is 0.276 e. The number of methoxy groups -OCH3 is 1. The number of carbonyl (C=O) groups excluding carboxylic acids is 2. The molecule has 8 nitrogen and oxygen atoms in total. The summed E-state index contributed by atoms with van der Waals surface area (Å²) in [5, 5.41) is 4.21. The van der Waals surface area contributed by atoms with Crippen molar-refractivity contribution < 1.29 is 18.8 Å². The first kappa shape index (κ1) is 23.4. The number of amides is 2. The van der Waals surface area contributed by atoms with Crippen molar-refractivity contribution >= 4 is 17.5 Å². The van der Waals surface area contributed by atoms with Crippen molar-refractivity contribution in [3.8, 4) is 0 Å². The minimum atomic E-state index is -0.0980. The molecular formula is C25H34N4O4. The largest absolute Gasteiger partial charge is 0.375 e. The molecule has 8 heteroatoms. The van der Waals surface area contributed by atoms with Gasteiger partial charge >= 0.3 is 0 Å². The van der Waals surface area contributed by atoms with Crippen molar-refractivity contribution in [1.29, 1.82) is 0 Å². The predicted octanol–water partition coefficient (Wildman–Crippen LogP) is 2.90. The SMILES string of the molecule is COCC(=O)N1CCCN(C)CCN(C(=O)c2noc3c2CCCCC3)Cc2ccccc21. The van der Waals surface area contributed by atoms with Gasteiger partial charge in [0.1, 0.15) is 12.4 Å². The Hall–Kier alpha value is -2.71. The van der Waals surface area contributed by atoms with Gasteiger partial charge in [-0.05, 0) is 50.9 Å². The van der Waals surface area contributed by atoms with Crippen LogP contribution >= 0.6 is 0 Å². The molecule has 1 aromatic carbocycles. The Morgan fingerprint density at radius 1 is 1.03 bits per heavy atom. The van der Waals surface area contributed by atoms with Gasteiger partial charge in [0.2, 0.25) is 0 Å². The van der Waals surface area contributed by atoms with Gasteiger partial charge in [0.25, 0.3) is 11.8 Å². The molecule has 178 valence electrons. The smallest absolute Gasteiger partial charge is 0.276 e. The van der Waals surface area contributed by atoms with Gasteiger partial charge in [-0.15, -0.1) is 0 Å². The average Bonchev–Trinajstić information content (AvgIpc) is 3.05. The first-order valence-electron chi connectivity index (χ1n) is 11.9. The molecule has 0 saturated heterocycles. The topological polar surface area (TPSA) is 79.1 Å². The van der Waals surface area contributed by atoms with Gasteiger partial charge in [-0.1, -0.05) is 29.8 Å². The Morgan fingerprint density at radius 2 is 1.85 bits per heavy atom. The van der Waals surface area contributed by atoms with Crippen LogP contribution in [0.1, 0.15) is 53.1 Å². The highest BCUT2D eigenvalue weighted by Gasteiger charge is 2.28. The highest BCUT2D eigenvalue weighted by atomic mass is 16.5. The zero-order valence-corrected chi connectivity index (χ0v) is 19.7. The van der Waals surface area contributed by atoms with E-state index in [1.807, 2.05) is 29.2 Å². The fourth-order valence-corrected chi connectivity index (χ4v) is 4.73. The normalized spacial score (nSPS) is 18.1. The molecule has 1 aliphatic carbocycles. The fourth-order valence-electron chi connectivity index (χ4n) is 4.73. The van der Waals surface area contributed by atoms with Crippen LogP contribution in [0.2, 0.25) is 0 Å². The minimum Gasteiger partial charge on any atom is -0.375 e. The van der Waals surface area contributed by atoms with Gasteiger partial charge in [0.05, 0.1) is 0 Å². The summed E-state index contributed by atoms with van der Waals surface area (Å²) >= 11 is 0. The van der Waals surface area contributed by atoms with Crippen LogP contribution in [-0.2, 0) is 28.9 Å². The number of hydrogen-bond donors (Lipinski definition) is 0. The molecule has 0 saturated carbocycles. The highest BCUT2D eigenvalue weighted by Crippen LogP contribution is 2.27. The van der Waals surface area contributed by atoms with Crippen LogP contribution in [0, 0.1) is 0 Å². The summed E-state index contributed by atoms with van der Waals surface area (Å²) < 4.78 is 10.7. The predicted molar refractivity (Wildman–Crippen MR) is 125 cm³/mol. The van der Waals surface area contributed by atoms with E-state index >= 15 is 0 Å². The molecule has 1 aliphatic heterocycles. The molecule has 0 N–H and O–H groups in total. The summed E-state index contributed by atoms with van der Waals surface area (Å²) in [6.45, 7) is 3.20. The molecular weight excluding hydrogens is 420 g/mol. The van der Waals surface area contributed by atoms with Crippen molar-refractivity contribution in [1.82, 2.24) is 15.0 Å². The van der Waals surface area contributed by atoms with Gasteiger partial charge in [0.15, 0.2) is 5.69 Å². The number of anilines is 1. The Morgan fingerprint density at radius 3 is 2.70 bits per heavy atom. The Balaban J connectivity index is 1.67. The highest BCUT2D eigenvalue weighted by molar-refractivity contribution is 5.96. The molecule has 2 aromatic rings. The zero-order valence-electron chi connectivity index (χ0n) is 19.7. The molecule has 2 amide bonds. The van der Waals surface area contributed by atoms with Crippen molar-refractivity contribution in [2.24, 2.45) is 0 Å². The molecule has 33 heavy (non-hydrogen) atoms. The van der Waals surface area contributed by atoms with Crippen LogP contribution in [-0.4, -0.2) is 73.7 Å². The van der Waals surface area contributed by atoms with Gasteiger partial charge in [0, 0.05) is 51.0 Å². The lowest BCUT2D eigenvalue weighted by atomic mass is 10.1. The van der Waals surface area contributed by atoms with E-state index in [4.69, 9.17) is 9.26 Å². The number of likely N-dealkylation sites (N-methyl/N-ethyl adjacent to an activating group) is 1. The van der Waals surface area contributed by atoms with E-state index in [-0.39, 0.29) is 18.4 Å². The lowest BCUT2D eigenvalue weighted by molar-refractivity contribution is -0.122. The van der Waals surface area contributed by atoms with Crippen LogP contribution < -0.4 is 4.90 Å². The molecule has 0 unspecified atom stereocenters. The van der Waals surface area contributed by atoms with E-state index in [0.29, 0.717) is 25.3 Å². The molecule has 2 heterocycles. The fraction of sp³-hybridized carbons (Fsp3) is 0.560. The molecule has 0 radical (unpaired) electrons. The minimum absolute atomic E-state index is 0.0257. The van der Waals surface area contributed by atoms with E-state index in [1.165, 1.54) is 7.11 Å². The molecule has 0 atom stereocenters. The Bertz CT molecular complexity index is 973. The van der Waals surface area contributed by atoms with Crippen molar-refractivity contribution in [3.05, 3.63) is 46.8 Å². The lowest BCUT2D eigenvalue weighted by Crippen LogP contribution is -2.38. The molecule has 1 aromatic heterocycles. The summed E-state index contributed by atoms with van der Waals surface area (Å²) in [7, 11) is 3.59. The third-order valence-corrected chi connectivity index (χ3v) is 6.58. The van der Waals surface area contributed by atoms with Crippen LogP contribution in [0.3, 0.4) is 0 Å². The van der Waals surface area contributed by atoms with Gasteiger partial charge in [-0.2, -0.15) is 0 Å². The average molecular weight is 455 g/mol. The maximum atomic E-state index is 13.7. The van der Waals surface area contributed by atoms with Crippen molar-refractivity contribution in [3.63, 3.8) is 0 Å². The van der Waals surface area contributed by atoms with E-state index in [2.05, 4.69) is 17.1 Å². The summed E-state index contributed by atoms with van der Waals surface area (Å²) in [6, 6.07) is 7.83. The number of fused-ring (bicyclic) bond motifs is 2. The number of nitrogens with zero attached hydrogens (tertiary/aromatic N) is 4. The van der Waals surface area contributed by atoms with Crippen LogP contribution in [0.4, 0.5) is 5.69 Å². The summed E-state index contributed by atoms with van der Waals surface area (Å²) in [4.78, 5) is 32.4. The van der Waals surface area contributed by atoms with Crippen molar-refractivity contribution in [2.45, 2.75) is 45.1 Å². The number of aromatic nitrogens is 1. The number of benzene rings is 1. The second kappa shape index (κ2) is 10.9. The summed E-state index contributed by atoms with van der Waals surface area (Å²) in [6.07, 6.45) is 5.79. The Labute approximate surface area is 195 Å². The lowest BCUT2D eigenvalue weighted by Gasteiger charge is -2.27. The van der Waals surface area contributed by atoms with E-state index in [0.717, 1.165) is 74.2 Å². The van der Waals surface area contributed by atoms with Crippen LogP contribution in [0.5, 0.6) is 0 Å². The number of rotatable bonds is 3. The van der Waals surface area contributed by atoms with Crippen molar-refractivity contribution in [2.75, 3.05) is 51.8 Å². The Kier molecular flexibility index (Phi) is 7.77. The molecule has 0 spiro atoms. The monoisotopic (exact) mass is 454 g/mol. The molecule has 2 aliphatic rings. The zero-order chi connectivity index (χ0) is 23.2. The second-order valence-electron chi connectivity index (χ2n) is 8.98. The van der Waals surface area contributed by atoms with Crippen LogP contribution in [0.25, 0.3) is 0 Å². The summed E-state index contributed by atoms with van der Waals surface area (Å²) in [5.74, 6) is 0.688. The standard InChI is InChI=1S/C25H34N4O4/c1-27-13-8-14-29(23(30)18-32-2)21-11-7-6-9-19(21)17-28(16-15-27)25(31)24-20-10-4-3-5-12-22(20)33-26-24/h6-7,9,11H,3-5,8,10,12-18H2,1-2H3. The van der Waals surface area contributed by atoms with Gasteiger partial charge in [-0.3, -0.25) is 9.59 Å². The van der Waals surface area contributed by atoms with E-state index < -0.39 is 0 Å². The summed E-state index contributed by atoms with van der Waals surface area (Å²) in [5.41, 5.74) is 3.20. The first-order valence-corrected chi connectivity index (χ1v) is 11.9. The molecule has 0 fully saturated rings. The van der Waals surface area contributed by atoms with Gasteiger partial charge < -0.3 is 24.0 Å². The third kappa shape index (κ3) is 5.45. The van der Waals surface area contributed by atoms with Gasteiger partial charge in [-0.25, -0.2) is 0 Å². The maximum absolute atomic E-state index is 13.7. The van der Waals surface area contributed by atoms with E-state index in [9.17, 15) is 9.59 Å². The third-order valence-electron chi connectivity index (χ3n) is 6.58.